The number of esters is 1. The molecule has 1 aliphatic heterocycles. The summed E-state index contributed by atoms with van der Waals surface area (Å²) in [6.07, 6.45) is -0.284. The summed E-state index contributed by atoms with van der Waals surface area (Å²) in [7, 11) is 0. The van der Waals surface area contributed by atoms with E-state index in [1.165, 1.54) is 0 Å². The number of hydrogen-bond acceptors (Lipinski definition) is 3. The van der Waals surface area contributed by atoms with Crippen LogP contribution >= 0.6 is 23.2 Å². The summed E-state index contributed by atoms with van der Waals surface area (Å²) in [6, 6.07) is 3.80. The van der Waals surface area contributed by atoms with E-state index in [1.807, 2.05) is 0 Å². The number of nitrogens with one attached hydrogen (secondary N) is 2. The Morgan fingerprint density at radius 3 is 2.41 bits per heavy atom. The summed E-state index contributed by atoms with van der Waals surface area (Å²) in [5, 5.41) is 5.96. The van der Waals surface area contributed by atoms with E-state index in [4.69, 9.17) is 27.9 Å². The Balaban J connectivity index is 2.53. The highest BCUT2D eigenvalue weighted by Crippen LogP contribution is 2.36. The maximum atomic E-state index is 12.4. The molecule has 7 heteroatoms. The largest absolute Gasteiger partial charge is 0.459 e. The average molecular weight is 343 g/mol. The molecule has 1 aromatic rings. The lowest BCUT2D eigenvalue weighted by Gasteiger charge is -2.29. The lowest BCUT2D eigenvalue weighted by atomic mass is 9.95. The Hall–Kier alpha value is -1.72. The topological polar surface area (TPSA) is 67.4 Å². The van der Waals surface area contributed by atoms with Crippen LogP contribution in [0.15, 0.2) is 29.5 Å². The molecule has 0 saturated carbocycles. The van der Waals surface area contributed by atoms with E-state index in [2.05, 4.69) is 10.6 Å². The molecular weight excluding hydrogens is 327 g/mol. The van der Waals surface area contributed by atoms with Gasteiger partial charge in [0.05, 0.1) is 17.7 Å². The third kappa shape index (κ3) is 3.36. The molecule has 0 aromatic heterocycles. The van der Waals surface area contributed by atoms with Crippen molar-refractivity contribution in [1.29, 1.82) is 0 Å². The van der Waals surface area contributed by atoms with E-state index in [9.17, 15) is 9.59 Å². The molecule has 0 aliphatic carbocycles. The maximum Gasteiger partial charge on any atom is 0.338 e. The average Bonchev–Trinajstić information content (AvgIpc) is 2.36. The number of amides is 2. The third-order valence-corrected chi connectivity index (χ3v) is 3.78. The van der Waals surface area contributed by atoms with Gasteiger partial charge in [0, 0.05) is 21.3 Å². The van der Waals surface area contributed by atoms with Crippen molar-refractivity contribution in [1.82, 2.24) is 10.6 Å². The fourth-order valence-electron chi connectivity index (χ4n) is 2.24. The number of benzene rings is 1. The molecule has 2 N–H and O–H groups in total. The number of carbonyl (C=O) groups is 2. The molecule has 0 spiro atoms. The van der Waals surface area contributed by atoms with Crippen molar-refractivity contribution in [2.45, 2.75) is 32.9 Å². The van der Waals surface area contributed by atoms with Crippen molar-refractivity contribution in [3.8, 4) is 0 Å². The second-order valence-corrected chi connectivity index (χ2v) is 5.97. The Morgan fingerprint density at radius 2 is 1.86 bits per heavy atom. The van der Waals surface area contributed by atoms with Gasteiger partial charge in [-0.15, -0.1) is 0 Å². The normalized spacial score (nSPS) is 18.1. The van der Waals surface area contributed by atoms with Crippen LogP contribution in [0.2, 0.25) is 10.0 Å². The molecule has 1 atom stereocenters. The summed E-state index contributed by atoms with van der Waals surface area (Å²) >= 11 is 12.4. The highest BCUT2D eigenvalue weighted by Gasteiger charge is 2.34. The van der Waals surface area contributed by atoms with Crippen LogP contribution in [-0.4, -0.2) is 18.1 Å². The fraction of sp³-hybridized carbons (Fsp3) is 0.333. The second kappa shape index (κ2) is 6.58. The van der Waals surface area contributed by atoms with E-state index in [0.717, 1.165) is 0 Å². The number of rotatable bonds is 3. The number of ether oxygens (including phenoxy) is 1. The Bertz CT molecular complexity index is 636. The molecule has 0 radical (unpaired) electrons. The minimum Gasteiger partial charge on any atom is -0.459 e. The van der Waals surface area contributed by atoms with Gasteiger partial charge in [-0.05, 0) is 32.9 Å². The van der Waals surface area contributed by atoms with Gasteiger partial charge < -0.3 is 15.4 Å². The third-order valence-electron chi connectivity index (χ3n) is 3.12. The molecular formula is C15H16Cl2N2O3. The first-order chi connectivity index (χ1) is 10.3. The molecule has 118 valence electrons. The highest BCUT2D eigenvalue weighted by atomic mass is 35.5. The van der Waals surface area contributed by atoms with Crippen LogP contribution in [0.5, 0.6) is 0 Å². The SMILES string of the molecule is CC1=C(C(=O)OC(C)C)C(c2c(Cl)cccc2Cl)NC(=O)N1. The molecule has 1 aromatic carbocycles. The van der Waals surface area contributed by atoms with Gasteiger partial charge in [0.2, 0.25) is 0 Å². The van der Waals surface area contributed by atoms with Crippen LogP contribution < -0.4 is 10.6 Å². The molecule has 1 aliphatic rings. The number of carbonyl (C=O) groups excluding carboxylic acids is 2. The van der Waals surface area contributed by atoms with Crippen molar-refractivity contribution in [2.24, 2.45) is 0 Å². The molecule has 0 saturated heterocycles. The van der Waals surface area contributed by atoms with Gasteiger partial charge in [-0.3, -0.25) is 0 Å². The summed E-state index contributed by atoms with van der Waals surface area (Å²) in [5.74, 6) is -0.527. The molecule has 0 bridgehead atoms. The Morgan fingerprint density at radius 1 is 1.27 bits per heavy atom. The first-order valence-electron chi connectivity index (χ1n) is 6.74. The van der Waals surface area contributed by atoms with Crippen LogP contribution in [0, 0.1) is 0 Å². The number of allylic oxidation sites excluding steroid dienone is 1. The summed E-state index contributed by atoms with van der Waals surface area (Å²) in [4.78, 5) is 24.1. The Labute approximate surface area is 138 Å². The predicted molar refractivity (Wildman–Crippen MR) is 84.8 cm³/mol. The van der Waals surface area contributed by atoms with Crippen molar-refractivity contribution in [3.05, 3.63) is 45.1 Å². The van der Waals surface area contributed by atoms with E-state index in [0.29, 0.717) is 21.3 Å². The lowest BCUT2D eigenvalue weighted by molar-refractivity contribution is -0.143. The molecule has 2 rings (SSSR count). The van der Waals surface area contributed by atoms with Crippen molar-refractivity contribution >= 4 is 35.2 Å². The molecule has 0 fully saturated rings. The van der Waals surface area contributed by atoms with Crippen LogP contribution in [0.25, 0.3) is 0 Å². The number of urea groups is 1. The van der Waals surface area contributed by atoms with Gasteiger partial charge in [0.25, 0.3) is 0 Å². The maximum absolute atomic E-state index is 12.4. The lowest BCUT2D eigenvalue weighted by Crippen LogP contribution is -2.45. The van der Waals surface area contributed by atoms with Gasteiger partial charge in [0.1, 0.15) is 0 Å². The van der Waals surface area contributed by atoms with Gasteiger partial charge in [-0.1, -0.05) is 29.3 Å². The highest BCUT2D eigenvalue weighted by molar-refractivity contribution is 6.36. The van der Waals surface area contributed by atoms with Crippen molar-refractivity contribution < 1.29 is 14.3 Å². The summed E-state index contributed by atoms with van der Waals surface area (Å²) in [6.45, 7) is 5.13. The van der Waals surface area contributed by atoms with Crippen molar-refractivity contribution in [3.63, 3.8) is 0 Å². The van der Waals surface area contributed by atoms with E-state index in [-0.39, 0.29) is 11.7 Å². The zero-order valence-corrected chi connectivity index (χ0v) is 13.9. The molecule has 1 heterocycles. The van der Waals surface area contributed by atoms with Gasteiger partial charge >= 0.3 is 12.0 Å². The molecule has 5 nitrogen and oxygen atoms in total. The zero-order valence-electron chi connectivity index (χ0n) is 12.4. The Kier molecular flexibility index (Phi) is 4.98. The van der Waals surface area contributed by atoms with Gasteiger partial charge in [-0.2, -0.15) is 0 Å². The first-order valence-corrected chi connectivity index (χ1v) is 7.50. The van der Waals surface area contributed by atoms with Crippen LogP contribution in [0.3, 0.4) is 0 Å². The smallest absolute Gasteiger partial charge is 0.338 e. The van der Waals surface area contributed by atoms with E-state index >= 15 is 0 Å². The number of hydrogen-bond donors (Lipinski definition) is 2. The predicted octanol–water partition coefficient (Wildman–Crippen LogP) is 3.57. The standard InChI is InChI=1S/C15H16Cl2N2O3/c1-7(2)22-14(20)11-8(3)18-15(21)19-13(11)12-9(16)5-4-6-10(12)17/h4-7,13H,1-3H3,(H2,18,19,21). The van der Waals surface area contributed by atoms with E-state index in [1.54, 1.807) is 39.0 Å². The fourth-order valence-corrected chi connectivity index (χ4v) is 2.86. The minimum absolute atomic E-state index is 0.281. The number of halogens is 2. The van der Waals surface area contributed by atoms with Crippen LogP contribution in [0.4, 0.5) is 4.79 Å². The molecule has 22 heavy (non-hydrogen) atoms. The summed E-state index contributed by atoms with van der Waals surface area (Å²) in [5.41, 5.74) is 1.16. The van der Waals surface area contributed by atoms with Crippen LogP contribution in [0.1, 0.15) is 32.4 Å². The second-order valence-electron chi connectivity index (χ2n) is 5.16. The first kappa shape index (κ1) is 16.6. The molecule has 1 unspecified atom stereocenters. The monoisotopic (exact) mass is 342 g/mol. The van der Waals surface area contributed by atoms with Gasteiger partial charge in [0.15, 0.2) is 0 Å². The quantitative estimate of drug-likeness (QED) is 0.825. The van der Waals surface area contributed by atoms with E-state index < -0.39 is 18.0 Å². The van der Waals surface area contributed by atoms with Crippen LogP contribution in [-0.2, 0) is 9.53 Å². The zero-order chi connectivity index (χ0) is 16.4. The minimum atomic E-state index is -0.763. The van der Waals surface area contributed by atoms with Gasteiger partial charge in [-0.25, -0.2) is 9.59 Å². The molecule has 2 amide bonds. The van der Waals surface area contributed by atoms with Crippen molar-refractivity contribution in [2.75, 3.05) is 0 Å². The summed E-state index contributed by atoms with van der Waals surface area (Å²) < 4.78 is 5.25.